The summed E-state index contributed by atoms with van der Waals surface area (Å²) < 4.78 is 57.3. The molecular formula is C14H19F4NO. The molecule has 0 heterocycles. The molecule has 2 atom stereocenters. The van der Waals surface area contributed by atoms with Crippen molar-refractivity contribution in [3.05, 3.63) is 35.1 Å². The predicted molar refractivity (Wildman–Crippen MR) is 68.9 cm³/mol. The van der Waals surface area contributed by atoms with Crippen LogP contribution >= 0.6 is 0 Å². The fourth-order valence-corrected chi connectivity index (χ4v) is 2.27. The Kier molecular flexibility index (Phi) is 5.95. The van der Waals surface area contributed by atoms with Crippen molar-refractivity contribution in [3.8, 4) is 0 Å². The molecule has 1 N–H and O–H groups in total. The maximum Gasteiger partial charge on any atom is 0.416 e. The molecule has 1 aromatic carbocycles. The maximum absolute atomic E-state index is 13.3. The quantitative estimate of drug-likeness (QED) is 0.806. The molecule has 2 nitrogen and oxygen atoms in total. The number of methoxy groups -OCH3 is 1. The molecule has 0 saturated carbocycles. The Hall–Kier alpha value is -1.14. The van der Waals surface area contributed by atoms with Crippen LogP contribution in [0.1, 0.15) is 30.5 Å². The minimum atomic E-state index is -4.50. The van der Waals surface area contributed by atoms with Gasteiger partial charge in [-0.1, -0.05) is 6.92 Å². The van der Waals surface area contributed by atoms with E-state index in [0.29, 0.717) is 13.0 Å². The average Bonchev–Trinajstić information content (AvgIpc) is 2.35. The van der Waals surface area contributed by atoms with Crippen LogP contribution in [-0.4, -0.2) is 20.8 Å². The fraction of sp³-hybridized carbons (Fsp3) is 0.571. The van der Waals surface area contributed by atoms with E-state index in [0.717, 1.165) is 18.2 Å². The molecule has 0 saturated heterocycles. The Balaban J connectivity index is 3.16. The lowest BCUT2D eigenvalue weighted by molar-refractivity contribution is -0.138. The standard InChI is InChI=1S/C14H19F4NO/c1-9(6-7-20-3)13(19-2)11-8-10(15)4-5-12(11)14(16,17)18/h4-5,8-9,13,19H,6-7H2,1-3H3. The highest BCUT2D eigenvalue weighted by molar-refractivity contribution is 5.33. The highest BCUT2D eigenvalue weighted by atomic mass is 19.4. The van der Waals surface area contributed by atoms with Gasteiger partial charge in [-0.25, -0.2) is 4.39 Å². The molecule has 0 aliphatic rings. The first-order valence-corrected chi connectivity index (χ1v) is 6.34. The average molecular weight is 293 g/mol. The number of benzene rings is 1. The highest BCUT2D eigenvalue weighted by Crippen LogP contribution is 2.37. The molecule has 2 unspecified atom stereocenters. The summed E-state index contributed by atoms with van der Waals surface area (Å²) in [6.45, 7) is 2.25. The van der Waals surface area contributed by atoms with E-state index in [1.807, 2.05) is 6.92 Å². The number of rotatable bonds is 6. The van der Waals surface area contributed by atoms with Crippen LogP contribution in [0.25, 0.3) is 0 Å². The molecule has 0 fully saturated rings. The van der Waals surface area contributed by atoms with Crippen molar-refractivity contribution < 1.29 is 22.3 Å². The minimum absolute atomic E-state index is 0.0661. The lowest BCUT2D eigenvalue weighted by Gasteiger charge is -2.26. The Labute approximate surface area is 116 Å². The monoisotopic (exact) mass is 293 g/mol. The van der Waals surface area contributed by atoms with Crippen LogP contribution in [0.5, 0.6) is 0 Å². The number of alkyl halides is 3. The fourth-order valence-electron chi connectivity index (χ4n) is 2.27. The summed E-state index contributed by atoms with van der Waals surface area (Å²) in [5, 5.41) is 2.84. The molecule has 0 aliphatic heterocycles. The predicted octanol–water partition coefficient (Wildman–Crippen LogP) is 3.78. The largest absolute Gasteiger partial charge is 0.416 e. The van der Waals surface area contributed by atoms with Gasteiger partial charge in [-0.05, 0) is 43.1 Å². The molecular weight excluding hydrogens is 274 g/mol. The van der Waals surface area contributed by atoms with Crippen LogP contribution in [0.15, 0.2) is 18.2 Å². The second-order valence-corrected chi connectivity index (χ2v) is 4.75. The van der Waals surface area contributed by atoms with Crippen LogP contribution in [0.2, 0.25) is 0 Å². The van der Waals surface area contributed by atoms with Crippen LogP contribution in [0.3, 0.4) is 0 Å². The van der Waals surface area contributed by atoms with Gasteiger partial charge in [0.15, 0.2) is 0 Å². The van der Waals surface area contributed by atoms with Crippen molar-refractivity contribution in [1.29, 1.82) is 0 Å². The van der Waals surface area contributed by atoms with Gasteiger partial charge in [0.05, 0.1) is 5.56 Å². The van der Waals surface area contributed by atoms with E-state index >= 15 is 0 Å². The van der Waals surface area contributed by atoms with Crippen molar-refractivity contribution in [2.75, 3.05) is 20.8 Å². The van der Waals surface area contributed by atoms with Crippen LogP contribution in [0, 0.1) is 11.7 Å². The van der Waals surface area contributed by atoms with Gasteiger partial charge in [0.2, 0.25) is 0 Å². The van der Waals surface area contributed by atoms with Crippen LogP contribution < -0.4 is 5.32 Å². The SMILES string of the molecule is CNC(c1cc(F)ccc1C(F)(F)F)C(C)CCOC. The second kappa shape index (κ2) is 7.04. The third-order valence-electron chi connectivity index (χ3n) is 3.31. The molecule has 1 rings (SSSR count). The van der Waals surface area contributed by atoms with Crippen molar-refractivity contribution in [2.45, 2.75) is 25.6 Å². The van der Waals surface area contributed by atoms with Gasteiger partial charge >= 0.3 is 6.18 Å². The first-order valence-electron chi connectivity index (χ1n) is 6.34. The molecule has 1 aromatic rings. The molecule has 0 aromatic heterocycles. The van der Waals surface area contributed by atoms with Crippen molar-refractivity contribution in [3.63, 3.8) is 0 Å². The lowest BCUT2D eigenvalue weighted by Crippen LogP contribution is -2.27. The smallest absolute Gasteiger partial charge is 0.385 e. The van der Waals surface area contributed by atoms with Gasteiger partial charge in [0.25, 0.3) is 0 Å². The Morgan fingerprint density at radius 2 is 1.95 bits per heavy atom. The van der Waals surface area contributed by atoms with E-state index in [1.54, 1.807) is 7.05 Å². The first kappa shape index (κ1) is 16.9. The van der Waals surface area contributed by atoms with Gasteiger partial charge in [-0.2, -0.15) is 13.2 Å². The number of hydrogen-bond acceptors (Lipinski definition) is 2. The van der Waals surface area contributed by atoms with Gasteiger partial charge in [-0.15, -0.1) is 0 Å². The van der Waals surface area contributed by atoms with E-state index in [-0.39, 0.29) is 11.5 Å². The van der Waals surface area contributed by atoms with Gasteiger partial charge in [0, 0.05) is 19.8 Å². The van der Waals surface area contributed by atoms with Gasteiger partial charge < -0.3 is 10.1 Å². The molecule has 0 spiro atoms. The summed E-state index contributed by atoms with van der Waals surface area (Å²) >= 11 is 0. The molecule has 20 heavy (non-hydrogen) atoms. The molecule has 0 amide bonds. The molecule has 6 heteroatoms. The third-order valence-corrected chi connectivity index (χ3v) is 3.31. The van der Waals surface area contributed by atoms with E-state index in [1.165, 1.54) is 7.11 Å². The number of hydrogen-bond donors (Lipinski definition) is 1. The summed E-state index contributed by atoms with van der Waals surface area (Å²) in [5.41, 5.74) is -0.869. The van der Waals surface area contributed by atoms with Crippen molar-refractivity contribution in [1.82, 2.24) is 5.32 Å². The summed E-state index contributed by atoms with van der Waals surface area (Å²) in [4.78, 5) is 0. The molecule has 114 valence electrons. The number of halogens is 4. The Bertz CT molecular complexity index is 434. The van der Waals surface area contributed by atoms with E-state index in [2.05, 4.69) is 5.32 Å². The topological polar surface area (TPSA) is 21.3 Å². The van der Waals surface area contributed by atoms with E-state index < -0.39 is 23.6 Å². The normalized spacial score (nSPS) is 15.2. The molecule has 0 bridgehead atoms. The summed E-state index contributed by atoms with van der Waals surface area (Å²) in [6, 6.07) is 1.99. The lowest BCUT2D eigenvalue weighted by atomic mass is 9.89. The van der Waals surface area contributed by atoms with Crippen LogP contribution in [0.4, 0.5) is 17.6 Å². The van der Waals surface area contributed by atoms with E-state index in [4.69, 9.17) is 4.74 Å². The van der Waals surface area contributed by atoms with E-state index in [9.17, 15) is 17.6 Å². The number of nitrogens with one attached hydrogen (secondary N) is 1. The van der Waals surface area contributed by atoms with Crippen molar-refractivity contribution in [2.24, 2.45) is 5.92 Å². The zero-order chi connectivity index (χ0) is 15.3. The van der Waals surface area contributed by atoms with Gasteiger partial charge in [-0.3, -0.25) is 0 Å². The van der Waals surface area contributed by atoms with Crippen molar-refractivity contribution >= 4 is 0 Å². The summed E-state index contributed by atoms with van der Waals surface area (Å²) in [6.07, 6.45) is -3.92. The Morgan fingerprint density at radius 3 is 2.45 bits per heavy atom. The second-order valence-electron chi connectivity index (χ2n) is 4.75. The third kappa shape index (κ3) is 4.18. The zero-order valence-corrected chi connectivity index (χ0v) is 11.7. The summed E-state index contributed by atoms with van der Waals surface area (Å²) in [7, 11) is 3.10. The van der Waals surface area contributed by atoms with Gasteiger partial charge in [0.1, 0.15) is 5.82 Å². The number of ether oxygens (including phenoxy) is 1. The highest BCUT2D eigenvalue weighted by Gasteiger charge is 2.36. The molecule has 0 aliphatic carbocycles. The minimum Gasteiger partial charge on any atom is -0.385 e. The summed E-state index contributed by atoms with van der Waals surface area (Å²) in [5.74, 6) is -0.796. The Morgan fingerprint density at radius 1 is 1.30 bits per heavy atom. The zero-order valence-electron chi connectivity index (χ0n) is 11.7. The first-order chi connectivity index (χ1) is 9.31. The van der Waals surface area contributed by atoms with Crippen LogP contribution in [-0.2, 0) is 10.9 Å². The molecule has 0 radical (unpaired) electrons. The maximum atomic E-state index is 13.3.